The third kappa shape index (κ3) is 6.46. The number of aliphatic hydroxyl groups excluding tert-OH is 2. The van der Waals surface area contributed by atoms with Crippen LogP contribution in [-0.4, -0.2) is 29.4 Å². The summed E-state index contributed by atoms with van der Waals surface area (Å²) < 4.78 is 37.7. The lowest BCUT2D eigenvalue weighted by molar-refractivity contribution is -0.137. The second kappa shape index (κ2) is 7.77. The van der Waals surface area contributed by atoms with Crippen molar-refractivity contribution in [3.8, 4) is 0 Å². The van der Waals surface area contributed by atoms with E-state index in [4.69, 9.17) is 0 Å². The summed E-state index contributed by atoms with van der Waals surface area (Å²) >= 11 is 0. The molecule has 0 spiro atoms. The van der Waals surface area contributed by atoms with Crippen LogP contribution in [0.25, 0.3) is 0 Å². The zero-order chi connectivity index (χ0) is 16.0. The van der Waals surface area contributed by atoms with Crippen molar-refractivity contribution >= 4 is 0 Å². The molecule has 0 saturated carbocycles. The number of halogens is 3. The van der Waals surface area contributed by atoms with E-state index in [-0.39, 0.29) is 12.1 Å². The Morgan fingerprint density at radius 2 is 1.81 bits per heavy atom. The van der Waals surface area contributed by atoms with Crippen LogP contribution in [0.2, 0.25) is 0 Å². The Morgan fingerprint density at radius 1 is 1.14 bits per heavy atom. The third-order valence-corrected chi connectivity index (χ3v) is 3.06. The molecule has 0 fully saturated rings. The first-order valence-electron chi connectivity index (χ1n) is 6.94. The number of benzene rings is 1. The Hall–Kier alpha value is -1.11. The maximum Gasteiger partial charge on any atom is 0.416 e. The highest BCUT2D eigenvalue weighted by molar-refractivity contribution is 5.27. The fourth-order valence-corrected chi connectivity index (χ4v) is 2.05. The highest BCUT2D eigenvalue weighted by Crippen LogP contribution is 2.30. The molecule has 0 aliphatic carbocycles. The molecular weight excluding hydrogens is 283 g/mol. The van der Waals surface area contributed by atoms with Crippen LogP contribution >= 0.6 is 0 Å². The van der Waals surface area contributed by atoms with Crippen molar-refractivity contribution in [2.45, 2.75) is 38.7 Å². The zero-order valence-corrected chi connectivity index (χ0v) is 12.2. The number of alkyl halides is 3. The van der Waals surface area contributed by atoms with E-state index in [1.54, 1.807) is 0 Å². The van der Waals surface area contributed by atoms with Gasteiger partial charge < -0.3 is 15.5 Å². The monoisotopic (exact) mass is 305 g/mol. The minimum atomic E-state index is -4.42. The van der Waals surface area contributed by atoms with Crippen LogP contribution in [0, 0.1) is 5.92 Å². The number of aliphatic hydroxyl groups is 2. The van der Waals surface area contributed by atoms with E-state index in [0.29, 0.717) is 18.9 Å². The average Bonchev–Trinajstić information content (AvgIpc) is 2.37. The van der Waals surface area contributed by atoms with Gasteiger partial charge in [-0.1, -0.05) is 26.0 Å². The molecule has 3 N–H and O–H groups in total. The largest absolute Gasteiger partial charge is 0.416 e. The molecule has 0 aromatic heterocycles. The van der Waals surface area contributed by atoms with Gasteiger partial charge in [0.15, 0.2) is 0 Å². The lowest BCUT2D eigenvalue weighted by Gasteiger charge is -2.17. The molecule has 3 nitrogen and oxygen atoms in total. The van der Waals surface area contributed by atoms with Gasteiger partial charge in [-0.3, -0.25) is 0 Å². The fourth-order valence-electron chi connectivity index (χ4n) is 2.05. The summed E-state index contributed by atoms with van der Waals surface area (Å²) in [6, 6.07) is 4.63. The van der Waals surface area contributed by atoms with Crippen LogP contribution in [-0.2, 0) is 6.18 Å². The van der Waals surface area contributed by atoms with Crippen LogP contribution in [0.1, 0.15) is 37.5 Å². The molecule has 0 aliphatic heterocycles. The van der Waals surface area contributed by atoms with Crippen molar-refractivity contribution < 1.29 is 23.4 Å². The number of hydrogen-bond donors (Lipinski definition) is 3. The Morgan fingerprint density at radius 3 is 2.38 bits per heavy atom. The number of nitrogens with one attached hydrogen (secondary N) is 1. The topological polar surface area (TPSA) is 52.5 Å². The summed E-state index contributed by atoms with van der Waals surface area (Å²) in [5.41, 5.74) is -0.574. The third-order valence-electron chi connectivity index (χ3n) is 3.06. The fraction of sp³-hybridized carbons (Fsp3) is 0.600. The summed E-state index contributed by atoms with van der Waals surface area (Å²) in [4.78, 5) is 0. The Kier molecular flexibility index (Phi) is 6.64. The lowest BCUT2D eigenvalue weighted by atomic mass is 10.0. The van der Waals surface area contributed by atoms with Crippen LogP contribution in [0.5, 0.6) is 0 Å². The minimum absolute atomic E-state index is 0.0937. The quantitative estimate of drug-likeness (QED) is 0.726. The van der Waals surface area contributed by atoms with Crippen LogP contribution < -0.4 is 5.32 Å². The molecular formula is C15H22F3NO2. The SMILES string of the molecule is CC(C)CC(O)CNCC(O)c1cccc(C(F)(F)F)c1. The van der Waals surface area contributed by atoms with Gasteiger partial charge in [0.05, 0.1) is 17.8 Å². The predicted molar refractivity (Wildman–Crippen MR) is 74.7 cm³/mol. The van der Waals surface area contributed by atoms with E-state index in [0.717, 1.165) is 12.1 Å². The van der Waals surface area contributed by atoms with Crippen LogP contribution in [0.4, 0.5) is 13.2 Å². The van der Waals surface area contributed by atoms with Gasteiger partial charge in [0.2, 0.25) is 0 Å². The molecule has 0 radical (unpaired) electrons. The van der Waals surface area contributed by atoms with E-state index in [1.165, 1.54) is 12.1 Å². The van der Waals surface area contributed by atoms with Gasteiger partial charge in [0.1, 0.15) is 0 Å². The summed E-state index contributed by atoms with van der Waals surface area (Å²) in [7, 11) is 0. The van der Waals surface area contributed by atoms with Crippen molar-refractivity contribution in [1.29, 1.82) is 0 Å². The molecule has 2 unspecified atom stereocenters. The highest BCUT2D eigenvalue weighted by Gasteiger charge is 2.30. The highest BCUT2D eigenvalue weighted by atomic mass is 19.4. The molecule has 0 saturated heterocycles. The molecule has 6 heteroatoms. The Labute approximate surface area is 122 Å². The number of rotatable bonds is 7. The maximum atomic E-state index is 12.6. The molecule has 0 aliphatic rings. The van der Waals surface area contributed by atoms with E-state index in [2.05, 4.69) is 5.32 Å². The van der Waals surface area contributed by atoms with Crippen molar-refractivity contribution in [2.24, 2.45) is 5.92 Å². The second-order valence-electron chi connectivity index (χ2n) is 5.58. The predicted octanol–water partition coefficient (Wildman–Crippen LogP) is 2.74. The molecule has 2 atom stereocenters. The Bertz CT molecular complexity index is 435. The van der Waals surface area contributed by atoms with Crippen molar-refractivity contribution in [3.05, 3.63) is 35.4 Å². The van der Waals surface area contributed by atoms with Crippen LogP contribution in [0.3, 0.4) is 0 Å². The molecule has 21 heavy (non-hydrogen) atoms. The molecule has 0 bridgehead atoms. The van der Waals surface area contributed by atoms with E-state index >= 15 is 0 Å². The molecule has 1 rings (SSSR count). The van der Waals surface area contributed by atoms with Crippen molar-refractivity contribution in [2.75, 3.05) is 13.1 Å². The zero-order valence-electron chi connectivity index (χ0n) is 12.2. The summed E-state index contributed by atoms with van der Waals surface area (Å²) in [6.07, 6.45) is -5.36. The van der Waals surface area contributed by atoms with E-state index in [9.17, 15) is 23.4 Å². The lowest BCUT2D eigenvalue weighted by Crippen LogP contribution is -2.31. The first kappa shape index (κ1) is 17.9. The second-order valence-corrected chi connectivity index (χ2v) is 5.58. The van der Waals surface area contributed by atoms with Crippen LogP contribution in [0.15, 0.2) is 24.3 Å². The molecule has 1 aromatic rings. The summed E-state index contributed by atoms with van der Waals surface area (Å²) in [5.74, 6) is 0.357. The van der Waals surface area contributed by atoms with Gasteiger partial charge in [-0.15, -0.1) is 0 Å². The van der Waals surface area contributed by atoms with Gasteiger partial charge >= 0.3 is 6.18 Å². The standard InChI is InChI=1S/C15H22F3NO2/c1-10(2)6-13(20)8-19-9-14(21)11-4-3-5-12(7-11)15(16,17)18/h3-5,7,10,13-14,19-21H,6,8-9H2,1-2H3. The molecule has 1 aromatic carbocycles. The van der Waals surface area contributed by atoms with E-state index < -0.39 is 23.9 Å². The smallest absolute Gasteiger partial charge is 0.392 e. The molecule has 120 valence electrons. The van der Waals surface area contributed by atoms with Crippen molar-refractivity contribution in [1.82, 2.24) is 5.32 Å². The normalized spacial score (nSPS) is 15.2. The molecule has 0 heterocycles. The van der Waals surface area contributed by atoms with Gasteiger partial charge in [0, 0.05) is 13.1 Å². The van der Waals surface area contributed by atoms with Gasteiger partial charge in [-0.05, 0) is 30.0 Å². The Balaban J connectivity index is 2.51. The van der Waals surface area contributed by atoms with Gasteiger partial charge in [-0.2, -0.15) is 13.2 Å². The minimum Gasteiger partial charge on any atom is -0.392 e. The maximum absolute atomic E-state index is 12.6. The van der Waals surface area contributed by atoms with Gasteiger partial charge in [-0.25, -0.2) is 0 Å². The molecule has 0 amide bonds. The van der Waals surface area contributed by atoms with Gasteiger partial charge in [0.25, 0.3) is 0 Å². The average molecular weight is 305 g/mol. The summed E-state index contributed by atoms with van der Waals surface area (Å²) in [6.45, 7) is 4.37. The first-order chi connectivity index (χ1) is 9.70. The summed E-state index contributed by atoms with van der Waals surface area (Å²) in [5, 5.41) is 22.4. The van der Waals surface area contributed by atoms with E-state index in [1.807, 2.05) is 13.8 Å². The first-order valence-corrected chi connectivity index (χ1v) is 6.94. The number of hydrogen-bond acceptors (Lipinski definition) is 3. The van der Waals surface area contributed by atoms with Crippen molar-refractivity contribution in [3.63, 3.8) is 0 Å².